The quantitative estimate of drug-likeness (QED) is 0.842. The highest BCUT2D eigenvalue weighted by molar-refractivity contribution is 5.45. The zero-order valence-electron chi connectivity index (χ0n) is 11.0. The van der Waals surface area contributed by atoms with Crippen molar-refractivity contribution >= 4 is 0 Å². The molecule has 1 spiro atoms. The van der Waals surface area contributed by atoms with Crippen molar-refractivity contribution in [2.45, 2.75) is 37.4 Å². The van der Waals surface area contributed by atoms with Gasteiger partial charge in [-0.15, -0.1) is 0 Å². The third-order valence-electron chi connectivity index (χ3n) is 4.45. The lowest BCUT2D eigenvalue weighted by Crippen LogP contribution is -2.49. The van der Waals surface area contributed by atoms with Gasteiger partial charge in [-0.25, -0.2) is 0 Å². The van der Waals surface area contributed by atoms with Crippen LogP contribution in [0.25, 0.3) is 0 Å². The zero-order valence-corrected chi connectivity index (χ0v) is 11.0. The Bertz CT molecular complexity index is 482. The van der Waals surface area contributed by atoms with Crippen LogP contribution in [0, 0.1) is 0 Å². The van der Waals surface area contributed by atoms with Crippen molar-refractivity contribution in [1.82, 2.24) is 5.32 Å². The van der Waals surface area contributed by atoms with Crippen molar-refractivity contribution in [3.63, 3.8) is 0 Å². The van der Waals surface area contributed by atoms with Crippen LogP contribution < -0.4 is 14.8 Å². The topological polar surface area (TPSA) is 39.7 Å². The maximum absolute atomic E-state index is 6.42. The minimum Gasteiger partial charge on any atom is -0.454 e. The van der Waals surface area contributed by atoms with Crippen LogP contribution in [0.4, 0.5) is 0 Å². The van der Waals surface area contributed by atoms with Crippen molar-refractivity contribution < 1.29 is 14.2 Å². The van der Waals surface area contributed by atoms with Gasteiger partial charge in [-0.2, -0.15) is 0 Å². The fraction of sp³-hybridized carbons (Fsp3) is 0.600. The summed E-state index contributed by atoms with van der Waals surface area (Å²) in [5.41, 5.74) is 1.25. The predicted molar refractivity (Wildman–Crippen MR) is 70.5 cm³/mol. The number of fused-ring (bicyclic) bond motifs is 1. The summed E-state index contributed by atoms with van der Waals surface area (Å²) in [7, 11) is 0. The molecule has 0 aromatic heterocycles. The molecule has 1 atom stereocenters. The highest BCUT2D eigenvalue weighted by atomic mass is 16.7. The number of rotatable bonds is 1. The van der Waals surface area contributed by atoms with Crippen LogP contribution >= 0.6 is 0 Å². The average Bonchev–Trinajstić information content (AvgIpc) is 3.07. The van der Waals surface area contributed by atoms with Crippen LogP contribution in [0.2, 0.25) is 0 Å². The summed E-state index contributed by atoms with van der Waals surface area (Å²) in [5.74, 6) is 1.68. The monoisotopic (exact) mass is 261 g/mol. The van der Waals surface area contributed by atoms with Crippen LogP contribution in [0.3, 0.4) is 0 Å². The molecular formula is C15H19NO3. The lowest BCUT2D eigenvalue weighted by Gasteiger charge is -2.39. The van der Waals surface area contributed by atoms with Gasteiger partial charge in [0.15, 0.2) is 11.5 Å². The maximum atomic E-state index is 6.42. The Morgan fingerprint density at radius 1 is 1.11 bits per heavy atom. The molecule has 1 aromatic rings. The molecular weight excluding hydrogens is 242 g/mol. The van der Waals surface area contributed by atoms with E-state index in [1.54, 1.807) is 0 Å². The van der Waals surface area contributed by atoms with E-state index >= 15 is 0 Å². The van der Waals surface area contributed by atoms with E-state index in [1.807, 2.05) is 6.07 Å². The first-order valence-electron chi connectivity index (χ1n) is 7.13. The van der Waals surface area contributed by atoms with Gasteiger partial charge in [-0.05, 0) is 30.5 Å². The first kappa shape index (κ1) is 11.6. The molecule has 4 nitrogen and oxygen atoms in total. The van der Waals surface area contributed by atoms with E-state index in [-0.39, 0.29) is 11.7 Å². The summed E-state index contributed by atoms with van der Waals surface area (Å²) in [6.07, 6.45) is 5.06. The summed E-state index contributed by atoms with van der Waals surface area (Å²) in [6.45, 7) is 2.20. The van der Waals surface area contributed by atoms with Gasteiger partial charge in [-0.3, -0.25) is 0 Å². The van der Waals surface area contributed by atoms with Crippen LogP contribution in [0.1, 0.15) is 37.4 Å². The van der Waals surface area contributed by atoms with Crippen molar-refractivity contribution in [3.05, 3.63) is 23.8 Å². The summed E-state index contributed by atoms with van der Waals surface area (Å²) in [5, 5.41) is 3.54. The minimum atomic E-state index is 0.0687. The molecule has 2 aliphatic heterocycles. The molecule has 0 bridgehead atoms. The second kappa shape index (κ2) is 4.39. The van der Waals surface area contributed by atoms with Crippen LogP contribution in [-0.2, 0) is 4.74 Å². The number of ether oxygens (including phenoxy) is 3. The SMILES string of the molecule is c1cc2c(cc1C1CNCC3(CCCC3)O1)OCO2. The van der Waals surface area contributed by atoms with Crippen molar-refractivity contribution in [1.29, 1.82) is 0 Å². The second-order valence-corrected chi connectivity index (χ2v) is 5.74. The Balaban J connectivity index is 1.58. The molecule has 1 aromatic carbocycles. The maximum Gasteiger partial charge on any atom is 0.231 e. The number of morpholine rings is 1. The Hall–Kier alpha value is -1.26. The smallest absolute Gasteiger partial charge is 0.231 e. The lowest BCUT2D eigenvalue weighted by molar-refractivity contribution is -0.114. The Morgan fingerprint density at radius 3 is 2.84 bits per heavy atom. The van der Waals surface area contributed by atoms with Crippen LogP contribution in [0.5, 0.6) is 11.5 Å². The Labute approximate surface area is 113 Å². The largest absolute Gasteiger partial charge is 0.454 e. The van der Waals surface area contributed by atoms with Crippen LogP contribution in [-0.4, -0.2) is 25.5 Å². The molecule has 0 radical (unpaired) electrons. The third kappa shape index (κ3) is 1.99. The summed E-state index contributed by atoms with van der Waals surface area (Å²) < 4.78 is 17.2. The zero-order chi connectivity index (χ0) is 12.7. The Morgan fingerprint density at radius 2 is 1.95 bits per heavy atom. The molecule has 102 valence electrons. The van der Waals surface area contributed by atoms with Crippen LogP contribution in [0.15, 0.2) is 18.2 Å². The number of hydrogen-bond acceptors (Lipinski definition) is 4. The van der Waals surface area contributed by atoms with Gasteiger partial charge in [0.1, 0.15) is 0 Å². The highest BCUT2D eigenvalue weighted by Crippen LogP contribution is 2.41. The van der Waals surface area contributed by atoms with Crippen molar-refractivity contribution in [2.75, 3.05) is 19.9 Å². The molecule has 1 unspecified atom stereocenters. The van der Waals surface area contributed by atoms with Gasteiger partial charge in [0.25, 0.3) is 0 Å². The van der Waals surface area contributed by atoms with Gasteiger partial charge in [0, 0.05) is 13.1 Å². The fourth-order valence-electron chi connectivity index (χ4n) is 3.43. The van der Waals surface area contributed by atoms with E-state index in [1.165, 1.54) is 31.2 Å². The molecule has 1 N–H and O–H groups in total. The normalized spacial score (nSPS) is 27.9. The highest BCUT2D eigenvalue weighted by Gasteiger charge is 2.40. The standard InChI is InChI=1S/C15H19NO3/c1-2-6-15(5-1)9-16-8-14(19-15)11-3-4-12-13(7-11)18-10-17-12/h3-4,7,14,16H,1-2,5-6,8-10H2. The first-order chi connectivity index (χ1) is 9.35. The van der Waals surface area contributed by atoms with Gasteiger partial charge in [-0.1, -0.05) is 18.9 Å². The van der Waals surface area contributed by atoms with E-state index < -0.39 is 0 Å². The molecule has 3 aliphatic rings. The molecule has 1 saturated carbocycles. The molecule has 2 fully saturated rings. The summed E-state index contributed by atoms with van der Waals surface area (Å²) in [4.78, 5) is 0. The average molecular weight is 261 g/mol. The predicted octanol–water partition coefficient (Wildman–Crippen LogP) is 2.39. The molecule has 4 rings (SSSR count). The van der Waals surface area contributed by atoms with Gasteiger partial charge < -0.3 is 19.5 Å². The number of nitrogens with one attached hydrogen (secondary N) is 1. The fourth-order valence-corrected chi connectivity index (χ4v) is 3.43. The van der Waals surface area contributed by atoms with Crippen molar-refractivity contribution in [2.24, 2.45) is 0 Å². The number of benzene rings is 1. The van der Waals surface area contributed by atoms with E-state index in [0.29, 0.717) is 6.79 Å². The Kier molecular flexibility index (Phi) is 2.67. The molecule has 19 heavy (non-hydrogen) atoms. The van der Waals surface area contributed by atoms with Crippen molar-refractivity contribution in [3.8, 4) is 11.5 Å². The van der Waals surface area contributed by atoms with Gasteiger partial charge >= 0.3 is 0 Å². The van der Waals surface area contributed by atoms with E-state index in [0.717, 1.165) is 24.6 Å². The third-order valence-corrected chi connectivity index (χ3v) is 4.45. The molecule has 2 heterocycles. The minimum absolute atomic E-state index is 0.0687. The lowest BCUT2D eigenvalue weighted by atomic mass is 9.97. The number of hydrogen-bond donors (Lipinski definition) is 1. The molecule has 1 aliphatic carbocycles. The first-order valence-corrected chi connectivity index (χ1v) is 7.13. The molecule has 0 amide bonds. The summed E-state index contributed by atoms with van der Waals surface area (Å²) in [6, 6.07) is 6.13. The summed E-state index contributed by atoms with van der Waals surface area (Å²) >= 11 is 0. The van der Waals surface area contributed by atoms with E-state index in [4.69, 9.17) is 14.2 Å². The van der Waals surface area contributed by atoms with Gasteiger partial charge in [0.05, 0.1) is 11.7 Å². The molecule has 1 saturated heterocycles. The van der Waals surface area contributed by atoms with Gasteiger partial charge in [0.2, 0.25) is 6.79 Å². The second-order valence-electron chi connectivity index (χ2n) is 5.74. The molecule has 4 heteroatoms. The van der Waals surface area contributed by atoms with E-state index in [9.17, 15) is 0 Å². The van der Waals surface area contributed by atoms with E-state index in [2.05, 4.69) is 17.4 Å².